The highest BCUT2D eigenvalue weighted by molar-refractivity contribution is 5.92. The zero-order chi connectivity index (χ0) is 40.3. The summed E-state index contributed by atoms with van der Waals surface area (Å²) >= 11 is 0. The summed E-state index contributed by atoms with van der Waals surface area (Å²) in [6.07, 6.45) is 1.86. The van der Waals surface area contributed by atoms with Crippen molar-refractivity contribution in [1.29, 1.82) is 0 Å². The minimum Gasteiger partial charge on any atom is -0.506 e. The molecule has 14 nitrogen and oxygen atoms in total. The molecular weight excluding hydrogens is 739 g/mol. The number of nitrogens with zero attached hydrogens (tertiary/aromatic N) is 5. The lowest BCUT2D eigenvalue weighted by Crippen LogP contribution is -2.59. The number of benzene rings is 3. The van der Waals surface area contributed by atoms with Crippen molar-refractivity contribution in [3.05, 3.63) is 123 Å². The van der Waals surface area contributed by atoms with E-state index in [1.165, 1.54) is 12.1 Å². The number of carbonyl (C=O) groups excluding carboxylic acids is 1. The smallest absolute Gasteiger partial charge is 0.408 e. The lowest BCUT2D eigenvalue weighted by Gasteiger charge is -2.50. The molecule has 4 fully saturated rings. The fraction of sp³-hybridized carbons (Fsp3) is 0.409. The average Bonchev–Trinajstić information content (AvgIpc) is 3.62. The highest BCUT2D eigenvalue weighted by Crippen LogP contribution is 2.39. The van der Waals surface area contributed by atoms with Gasteiger partial charge in [0.05, 0.1) is 29.4 Å². The molecular formula is C44H51N7O7. The molecule has 3 atom stereocenters. The van der Waals surface area contributed by atoms with Crippen molar-refractivity contribution in [2.75, 3.05) is 45.8 Å². The van der Waals surface area contributed by atoms with Crippen LogP contribution < -0.4 is 15.6 Å². The number of pyridine rings is 1. The zero-order valence-corrected chi connectivity index (χ0v) is 32.7. The van der Waals surface area contributed by atoms with Gasteiger partial charge in [-0.15, -0.1) is 0 Å². The first-order chi connectivity index (χ1) is 28.1. The maximum atomic E-state index is 13.6. The first-order valence-electron chi connectivity index (χ1n) is 20.2. The number of aromatic nitrogens is 3. The topological polar surface area (TPSA) is 176 Å². The number of phenols is 1. The quantitative estimate of drug-likeness (QED) is 0.111. The Balaban J connectivity index is 0.866. The van der Waals surface area contributed by atoms with Gasteiger partial charge in [-0.05, 0) is 104 Å². The van der Waals surface area contributed by atoms with Crippen molar-refractivity contribution in [1.82, 2.24) is 34.8 Å². The number of hydrogen-bond acceptors (Lipinski definition) is 9. The third-order valence-electron chi connectivity index (χ3n) is 12.3. The number of fused-ring (bicyclic) bond motifs is 4. The van der Waals surface area contributed by atoms with Crippen LogP contribution in [0.15, 0.2) is 89.7 Å². The number of ether oxygens (including phenoxy) is 1. The molecule has 6 heterocycles. The van der Waals surface area contributed by atoms with Crippen LogP contribution in [0.25, 0.3) is 10.9 Å². The maximum Gasteiger partial charge on any atom is 0.408 e. The number of rotatable bonds is 13. The molecule has 4 saturated heterocycles. The molecule has 58 heavy (non-hydrogen) atoms. The molecule has 0 aliphatic carbocycles. The first-order valence-corrected chi connectivity index (χ1v) is 20.2. The number of hydrogen-bond donors (Lipinski definition) is 5. The predicted molar refractivity (Wildman–Crippen MR) is 218 cm³/mol. The Bertz CT molecular complexity index is 2300. The summed E-state index contributed by atoms with van der Waals surface area (Å²) in [6, 6.07) is 24.8. The summed E-state index contributed by atoms with van der Waals surface area (Å²) in [4.78, 5) is 46.9. The van der Waals surface area contributed by atoms with Gasteiger partial charge in [-0.3, -0.25) is 19.2 Å². The summed E-state index contributed by atoms with van der Waals surface area (Å²) in [5, 5.41) is 40.3. The van der Waals surface area contributed by atoms with Gasteiger partial charge in [-0.2, -0.15) is 5.10 Å². The SMILES string of the molecule is Cn1nc(C(=O)N2CCC(CNCC(O)c3ccc(O)c4[nH]c(=O)ccc34)CC2)cc1COc1cccc([C@H](c2ccccc2)N(C(=O)O)C2CN3CCC2CC3)c1. The third kappa shape index (κ3) is 8.31. The number of carbonyl (C=O) groups is 2. The number of piperidine rings is 4. The molecule has 5 aromatic rings. The summed E-state index contributed by atoms with van der Waals surface area (Å²) in [7, 11) is 1.79. The summed E-state index contributed by atoms with van der Waals surface area (Å²) < 4.78 is 7.96. The Morgan fingerprint density at radius 1 is 0.948 bits per heavy atom. The number of aromatic hydroxyl groups is 1. The van der Waals surface area contributed by atoms with Gasteiger partial charge in [0.1, 0.15) is 18.1 Å². The Morgan fingerprint density at radius 3 is 2.43 bits per heavy atom. The lowest BCUT2D eigenvalue weighted by atomic mass is 9.81. The molecule has 4 aliphatic rings. The molecule has 4 aliphatic heterocycles. The Labute approximate surface area is 336 Å². The van der Waals surface area contributed by atoms with Gasteiger partial charge < -0.3 is 40.2 Å². The second kappa shape index (κ2) is 17.0. The second-order valence-corrected chi connectivity index (χ2v) is 15.9. The van der Waals surface area contributed by atoms with E-state index in [1.54, 1.807) is 34.8 Å². The monoisotopic (exact) mass is 789 g/mol. The van der Waals surface area contributed by atoms with Gasteiger partial charge in [-0.1, -0.05) is 48.5 Å². The van der Waals surface area contributed by atoms with E-state index in [-0.39, 0.29) is 29.9 Å². The van der Waals surface area contributed by atoms with Gasteiger partial charge in [0.25, 0.3) is 5.91 Å². The van der Waals surface area contributed by atoms with Crippen LogP contribution in [-0.2, 0) is 13.7 Å². The van der Waals surface area contributed by atoms with Crippen LogP contribution in [0.3, 0.4) is 0 Å². The molecule has 0 saturated carbocycles. The number of aliphatic hydroxyl groups excluding tert-OH is 1. The summed E-state index contributed by atoms with van der Waals surface area (Å²) in [6.45, 7) is 5.12. The summed E-state index contributed by atoms with van der Waals surface area (Å²) in [5.74, 6) is 1.08. The van der Waals surface area contributed by atoms with Crippen LogP contribution in [0.5, 0.6) is 11.5 Å². The van der Waals surface area contributed by atoms with Crippen molar-refractivity contribution >= 4 is 22.9 Å². The largest absolute Gasteiger partial charge is 0.506 e. The van der Waals surface area contributed by atoms with Gasteiger partial charge in [0.2, 0.25) is 5.56 Å². The fourth-order valence-corrected chi connectivity index (χ4v) is 9.10. The molecule has 14 heteroatoms. The molecule has 2 amide bonds. The van der Waals surface area contributed by atoms with E-state index in [1.807, 2.05) is 59.5 Å². The molecule has 2 aromatic heterocycles. The van der Waals surface area contributed by atoms with Crippen molar-refractivity contribution in [3.8, 4) is 11.5 Å². The van der Waals surface area contributed by atoms with Crippen molar-refractivity contribution < 1.29 is 29.6 Å². The van der Waals surface area contributed by atoms with Gasteiger partial charge in [0.15, 0.2) is 5.69 Å². The van der Waals surface area contributed by atoms with Crippen LogP contribution >= 0.6 is 0 Å². The van der Waals surface area contributed by atoms with Crippen LogP contribution in [0.2, 0.25) is 0 Å². The van der Waals surface area contributed by atoms with E-state index in [9.17, 15) is 29.7 Å². The molecule has 2 bridgehead atoms. The normalized spacial score (nSPS) is 20.5. The van der Waals surface area contributed by atoms with Gasteiger partial charge in [-0.25, -0.2) is 4.79 Å². The lowest BCUT2D eigenvalue weighted by molar-refractivity contribution is -0.000815. The van der Waals surface area contributed by atoms with E-state index in [0.29, 0.717) is 65.9 Å². The van der Waals surface area contributed by atoms with E-state index >= 15 is 0 Å². The number of likely N-dealkylation sites (tertiary alicyclic amines) is 1. The number of phenolic OH excluding ortho intramolecular Hbond substituents is 1. The first kappa shape index (κ1) is 39.1. The van der Waals surface area contributed by atoms with Crippen molar-refractivity contribution in [3.63, 3.8) is 0 Å². The van der Waals surface area contributed by atoms with Crippen LogP contribution in [0.4, 0.5) is 4.79 Å². The molecule has 9 rings (SSSR count). The number of aliphatic hydroxyl groups is 1. The number of nitrogens with one attached hydrogen (secondary N) is 2. The van der Waals surface area contributed by atoms with E-state index in [4.69, 9.17) is 4.74 Å². The molecule has 3 aromatic carbocycles. The fourth-order valence-electron chi connectivity index (χ4n) is 9.10. The van der Waals surface area contributed by atoms with Crippen molar-refractivity contribution in [2.45, 2.75) is 50.5 Å². The number of amides is 2. The average molecular weight is 790 g/mol. The number of aromatic amines is 1. The minimum atomic E-state index is -0.927. The number of carboxylic acid groups (broad SMARTS) is 1. The highest BCUT2D eigenvalue weighted by Gasteiger charge is 2.43. The van der Waals surface area contributed by atoms with Gasteiger partial charge in [0, 0.05) is 44.7 Å². The number of aryl methyl sites for hydroxylation is 1. The molecule has 0 radical (unpaired) electrons. The zero-order valence-electron chi connectivity index (χ0n) is 32.7. The Morgan fingerprint density at radius 2 is 1.71 bits per heavy atom. The van der Waals surface area contributed by atoms with Gasteiger partial charge >= 0.3 is 6.09 Å². The Hall–Kier alpha value is -5.70. The van der Waals surface area contributed by atoms with Crippen molar-refractivity contribution in [2.24, 2.45) is 18.9 Å². The standard InChI is InChI=1S/C44H51N7O7/c1-48-32(27-58-33-9-5-8-31(22-33)42(30-6-3-2-4-7-30)51(44(56)57)37-26-49-18-16-29(37)17-19-49)23-36(47-48)43(55)50-20-14-28(15-21-50)24-45-25-39(53)34-10-12-38(52)41-35(34)11-13-40(54)46-41/h2-13,22-23,28-29,37,39,42,45,52-53H,14-21,24-27H2,1H3,(H,46,54)(H,56,57)/t37?,39?,42-/m0/s1. The van der Waals surface area contributed by atoms with Crippen LogP contribution in [-0.4, -0.2) is 109 Å². The minimum absolute atomic E-state index is 0.0476. The van der Waals surface area contributed by atoms with Crippen LogP contribution in [0, 0.1) is 11.8 Å². The van der Waals surface area contributed by atoms with E-state index in [0.717, 1.165) is 62.1 Å². The molecule has 304 valence electrons. The summed E-state index contributed by atoms with van der Waals surface area (Å²) in [5.41, 5.74) is 3.43. The molecule has 2 unspecified atom stereocenters. The van der Waals surface area contributed by atoms with E-state index < -0.39 is 18.2 Å². The molecule has 5 N–H and O–H groups in total. The number of H-pyrrole nitrogens is 1. The second-order valence-electron chi connectivity index (χ2n) is 15.9. The predicted octanol–water partition coefficient (Wildman–Crippen LogP) is 4.89. The molecule has 0 spiro atoms. The highest BCUT2D eigenvalue weighted by atomic mass is 16.5. The van der Waals surface area contributed by atoms with Crippen LogP contribution in [0.1, 0.15) is 70.7 Å². The third-order valence-corrected chi connectivity index (χ3v) is 12.3. The Kier molecular flexibility index (Phi) is 11.5. The maximum absolute atomic E-state index is 13.6. The van der Waals surface area contributed by atoms with E-state index in [2.05, 4.69) is 20.3 Å².